The fourth-order valence-electron chi connectivity index (χ4n) is 2.93. The van der Waals surface area contributed by atoms with Crippen molar-refractivity contribution in [1.82, 2.24) is 20.0 Å². The maximum atomic E-state index is 14.3. The van der Waals surface area contributed by atoms with Crippen LogP contribution in [-0.4, -0.2) is 53.4 Å². The Morgan fingerprint density at radius 1 is 1.22 bits per heavy atom. The van der Waals surface area contributed by atoms with Crippen molar-refractivity contribution >= 4 is 27.8 Å². The Bertz CT molecular complexity index is 889. The molecule has 120 valence electrons. The summed E-state index contributed by atoms with van der Waals surface area (Å²) in [5.74, 6) is 0.768. The van der Waals surface area contributed by atoms with Crippen molar-refractivity contribution in [2.45, 2.75) is 0 Å². The van der Waals surface area contributed by atoms with E-state index in [1.807, 2.05) is 7.05 Å². The summed E-state index contributed by atoms with van der Waals surface area (Å²) in [6, 6.07) is 3.09. The van der Waals surface area contributed by atoms with Gasteiger partial charge in [-0.15, -0.1) is 10.2 Å². The highest BCUT2D eigenvalue weighted by atomic mass is 19.1. The van der Waals surface area contributed by atoms with Gasteiger partial charge in [-0.2, -0.15) is 5.10 Å². The first kappa shape index (κ1) is 14.1. The Kier molecular flexibility index (Phi) is 3.26. The van der Waals surface area contributed by atoms with Crippen molar-refractivity contribution in [2.75, 3.05) is 38.3 Å². The summed E-state index contributed by atoms with van der Waals surface area (Å²) in [6.07, 6.45) is 0. The second-order valence-corrected chi connectivity index (χ2v) is 5.45. The van der Waals surface area contributed by atoms with Crippen molar-refractivity contribution in [2.24, 2.45) is 7.05 Å². The zero-order valence-corrected chi connectivity index (χ0v) is 12.9. The molecule has 3 aromatic rings. The van der Waals surface area contributed by atoms with Crippen LogP contribution in [-0.2, 0) is 11.8 Å². The van der Waals surface area contributed by atoms with E-state index in [0.29, 0.717) is 30.0 Å². The van der Waals surface area contributed by atoms with Gasteiger partial charge >= 0.3 is 0 Å². The molecule has 0 unspecified atom stereocenters. The van der Waals surface area contributed by atoms with E-state index < -0.39 is 5.82 Å². The highest BCUT2D eigenvalue weighted by Crippen LogP contribution is 2.34. The molecule has 3 heterocycles. The molecule has 0 aliphatic carbocycles. The van der Waals surface area contributed by atoms with Gasteiger partial charge in [0.15, 0.2) is 17.3 Å². The number of aryl methyl sites for hydroxylation is 1. The first-order valence-corrected chi connectivity index (χ1v) is 7.38. The van der Waals surface area contributed by atoms with Gasteiger partial charge in [-0.3, -0.25) is 0 Å². The summed E-state index contributed by atoms with van der Waals surface area (Å²) in [5, 5.41) is 14.2. The molecule has 0 amide bonds. The molecule has 1 aliphatic heterocycles. The van der Waals surface area contributed by atoms with E-state index in [2.05, 4.69) is 20.2 Å². The first-order valence-electron chi connectivity index (χ1n) is 7.38. The van der Waals surface area contributed by atoms with Gasteiger partial charge in [-0.05, 0) is 6.07 Å². The van der Waals surface area contributed by atoms with Crippen LogP contribution in [0.1, 0.15) is 0 Å². The first-order chi connectivity index (χ1) is 11.2. The Balaban J connectivity index is 2.04. The van der Waals surface area contributed by atoms with Gasteiger partial charge < -0.3 is 14.4 Å². The van der Waals surface area contributed by atoms with Crippen LogP contribution in [0.3, 0.4) is 0 Å². The largest absolute Gasteiger partial charge is 0.497 e. The van der Waals surface area contributed by atoms with Crippen LogP contribution in [0.4, 0.5) is 10.2 Å². The monoisotopic (exact) mass is 317 g/mol. The molecule has 0 saturated carbocycles. The van der Waals surface area contributed by atoms with Crippen molar-refractivity contribution in [3.05, 3.63) is 17.9 Å². The maximum absolute atomic E-state index is 14.3. The number of fused-ring (bicyclic) bond motifs is 3. The zero-order chi connectivity index (χ0) is 16.0. The summed E-state index contributed by atoms with van der Waals surface area (Å²) < 4.78 is 26.6. The van der Waals surface area contributed by atoms with E-state index in [-0.39, 0.29) is 5.52 Å². The summed E-state index contributed by atoms with van der Waals surface area (Å²) in [5.41, 5.74) is 0.840. The van der Waals surface area contributed by atoms with Crippen LogP contribution in [0.2, 0.25) is 0 Å². The molecule has 1 aliphatic rings. The summed E-state index contributed by atoms with van der Waals surface area (Å²) in [7, 11) is 3.32. The van der Waals surface area contributed by atoms with Gasteiger partial charge in [0.2, 0.25) is 0 Å². The second kappa shape index (κ2) is 5.31. The molecule has 4 rings (SSSR count). The number of nitrogens with zero attached hydrogens (tertiary/aromatic N) is 5. The molecule has 23 heavy (non-hydrogen) atoms. The lowest BCUT2D eigenvalue weighted by atomic mass is 10.1. The van der Waals surface area contributed by atoms with E-state index in [0.717, 1.165) is 24.3 Å². The molecule has 2 aromatic heterocycles. The third kappa shape index (κ3) is 2.17. The summed E-state index contributed by atoms with van der Waals surface area (Å²) in [4.78, 5) is 2.13. The van der Waals surface area contributed by atoms with Crippen LogP contribution < -0.4 is 9.64 Å². The van der Waals surface area contributed by atoms with Gasteiger partial charge in [-0.1, -0.05) is 0 Å². The zero-order valence-electron chi connectivity index (χ0n) is 12.9. The lowest BCUT2D eigenvalue weighted by molar-refractivity contribution is 0.122. The van der Waals surface area contributed by atoms with Gasteiger partial charge in [0, 0.05) is 31.6 Å². The van der Waals surface area contributed by atoms with Gasteiger partial charge in [0.25, 0.3) is 0 Å². The van der Waals surface area contributed by atoms with E-state index in [1.54, 1.807) is 10.7 Å². The molecule has 0 bridgehead atoms. The lowest BCUT2D eigenvalue weighted by Crippen LogP contribution is -2.36. The number of morpholine rings is 1. The number of hydrogen-bond donors (Lipinski definition) is 0. The molecular formula is C15H16FN5O2. The predicted octanol–water partition coefficient (Wildman–Crippen LogP) is 1.50. The normalized spacial score (nSPS) is 15.5. The van der Waals surface area contributed by atoms with Crippen molar-refractivity contribution in [1.29, 1.82) is 0 Å². The number of methoxy groups -OCH3 is 1. The maximum Gasteiger partial charge on any atom is 0.183 e. The van der Waals surface area contributed by atoms with Gasteiger partial charge in [0.1, 0.15) is 11.3 Å². The minimum Gasteiger partial charge on any atom is -0.497 e. The Morgan fingerprint density at radius 2 is 2.00 bits per heavy atom. The highest BCUT2D eigenvalue weighted by molar-refractivity contribution is 6.09. The fraction of sp³-hybridized carbons (Fsp3) is 0.400. The number of hydrogen-bond acceptors (Lipinski definition) is 6. The minimum absolute atomic E-state index is 0.223. The standard InChI is InChI=1S/C15H16FN5O2/c1-20-14-12(15(19-20)21-3-5-23-6-4-21)10-7-9(22-2)8-11(16)13(10)17-18-14/h7-8H,3-6H2,1-2H3. The van der Waals surface area contributed by atoms with Crippen LogP contribution >= 0.6 is 0 Å². The predicted molar refractivity (Wildman–Crippen MR) is 83.4 cm³/mol. The number of ether oxygens (including phenoxy) is 2. The Morgan fingerprint density at radius 3 is 2.74 bits per heavy atom. The number of halogens is 1. The highest BCUT2D eigenvalue weighted by Gasteiger charge is 2.22. The lowest BCUT2D eigenvalue weighted by Gasteiger charge is -2.27. The topological polar surface area (TPSA) is 65.3 Å². The Labute approximate surface area is 131 Å². The van der Waals surface area contributed by atoms with E-state index in [1.165, 1.54) is 13.2 Å². The second-order valence-electron chi connectivity index (χ2n) is 5.45. The molecule has 0 radical (unpaired) electrons. The number of rotatable bonds is 2. The van der Waals surface area contributed by atoms with E-state index in [4.69, 9.17) is 9.47 Å². The average molecular weight is 317 g/mol. The molecule has 1 saturated heterocycles. The third-order valence-electron chi connectivity index (χ3n) is 4.10. The van der Waals surface area contributed by atoms with Crippen molar-refractivity contribution in [3.8, 4) is 5.75 Å². The third-order valence-corrected chi connectivity index (χ3v) is 4.10. The fourth-order valence-corrected chi connectivity index (χ4v) is 2.93. The molecule has 0 N–H and O–H groups in total. The van der Waals surface area contributed by atoms with Gasteiger partial charge in [-0.25, -0.2) is 9.07 Å². The molecule has 1 aromatic carbocycles. The number of aromatic nitrogens is 4. The summed E-state index contributed by atoms with van der Waals surface area (Å²) >= 11 is 0. The van der Waals surface area contributed by atoms with E-state index >= 15 is 0 Å². The van der Waals surface area contributed by atoms with Crippen LogP contribution in [0.5, 0.6) is 5.75 Å². The van der Waals surface area contributed by atoms with Crippen molar-refractivity contribution < 1.29 is 13.9 Å². The smallest absolute Gasteiger partial charge is 0.183 e. The quantitative estimate of drug-likeness (QED) is 0.714. The van der Waals surface area contributed by atoms with Crippen LogP contribution in [0, 0.1) is 5.82 Å². The van der Waals surface area contributed by atoms with Crippen LogP contribution in [0.15, 0.2) is 12.1 Å². The summed E-state index contributed by atoms with van der Waals surface area (Å²) in [6.45, 7) is 2.77. The van der Waals surface area contributed by atoms with E-state index in [9.17, 15) is 4.39 Å². The number of benzene rings is 1. The molecule has 0 atom stereocenters. The Hall–Kier alpha value is -2.48. The molecule has 1 fully saturated rings. The minimum atomic E-state index is -0.453. The van der Waals surface area contributed by atoms with Gasteiger partial charge in [0.05, 0.1) is 25.7 Å². The SMILES string of the molecule is COc1cc(F)c2nnc3c(c(N4CCOCC4)nn3C)c2c1. The average Bonchev–Trinajstić information content (AvgIpc) is 2.93. The molecule has 8 heteroatoms. The molecular weight excluding hydrogens is 301 g/mol. The van der Waals surface area contributed by atoms with Crippen molar-refractivity contribution in [3.63, 3.8) is 0 Å². The molecule has 7 nitrogen and oxygen atoms in total. The molecule has 0 spiro atoms. The van der Waals surface area contributed by atoms with Crippen LogP contribution in [0.25, 0.3) is 21.9 Å². The number of anilines is 1.